The lowest BCUT2D eigenvalue weighted by Crippen LogP contribution is -2.40. The van der Waals surface area contributed by atoms with Crippen LogP contribution in [0.3, 0.4) is 0 Å². The van der Waals surface area contributed by atoms with Gasteiger partial charge >= 0.3 is 0 Å². The van der Waals surface area contributed by atoms with Crippen molar-refractivity contribution in [2.75, 3.05) is 11.9 Å². The van der Waals surface area contributed by atoms with Crippen molar-refractivity contribution in [2.45, 2.75) is 32.9 Å². The number of amides is 1. The van der Waals surface area contributed by atoms with Gasteiger partial charge < -0.3 is 10.2 Å². The van der Waals surface area contributed by atoms with E-state index in [0.29, 0.717) is 18.1 Å². The van der Waals surface area contributed by atoms with Crippen molar-refractivity contribution in [1.82, 2.24) is 15.3 Å². The second-order valence-electron chi connectivity index (χ2n) is 6.32. The Bertz CT molecular complexity index is 617. The summed E-state index contributed by atoms with van der Waals surface area (Å²) >= 11 is 0. The predicted octanol–water partition coefficient (Wildman–Crippen LogP) is 2.64. The molecule has 0 bridgehead atoms. The first-order valence-corrected chi connectivity index (χ1v) is 7.25. The highest BCUT2D eigenvalue weighted by atomic mass is 16.1. The number of carbonyl (C=O) groups is 1. The first-order valence-electron chi connectivity index (χ1n) is 7.25. The van der Waals surface area contributed by atoms with Crippen molar-refractivity contribution >= 4 is 11.9 Å². The maximum atomic E-state index is 12.0. The first kappa shape index (κ1) is 15.9. The van der Waals surface area contributed by atoms with Gasteiger partial charge in [-0.25, -0.2) is 9.97 Å². The number of nitrogens with one attached hydrogen (secondary N) is 1. The van der Waals surface area contributed by atoms with E-state index < -0.39 is 0 Å². The zero-order valence-electron chi connectivity index (χ0n) is 13.5. The first-order chi connectivity index (χ1) is 10.3. The summed E-state index contributed by atoms with van der Waals surface area (Å²) in [7, 11) is 1.93. The van der Waals surface area contributed by atoms with E-state index in [4.69, 9.17) is 0 Å². The van der Waals surface area contributed by atoms with Gasteiger partial charge in [-0.3, -0.25) is 4.79 Å². The molecule has 0 aliphatic rings. The molecule has 0 spiro atoms. The molecule has 1 amide bonds. The standard InChI is InChI=1S/C17H22N4O/c1-17(2,3)20-15(22)14-10-18-16(19-11-14)21(4)12-13-8-6-5-7-9-13/h5-11H,12H2,1-4H3,(H,20,22). The molecular formula is C17H22N4O. The van der Waals surface area contributed by atoms with Crippen molar-refractivity contribution in [3.8, 4) is 0 Å². The molecule has 2 rings (SSSR count). The summed E-state index contributed by atoms with van der Waals surface area (Å²) in [5.41, 5.74) is 1.37. The minimum atomic E-state index is -0.278. The van der Waals surface area contributed by atoms with Crippen LogP contribution in [0, 0.1) is 0 Å². The molecule has 5 nitrogen and oxygen atoms in total. The lowest BCUT2D eigenvalue weighted by atomic mass is 10.1. The summed E-state index contributed by atoms with van der Waals surface area (Å²) in [4.78, 5) is 22.5. The van der Waals surface area contributed by atoms with E-state index in [-0.39, 0.29) is 11.4 Å². The summed E-state index contributed by atoms with van der Waals surface area (Å²) in [5, 5.41) is 2.89. The van der Waals surface area contributed by atoms with Gasteiger partial charge in [-0.05, 0) is 26.3 Å². The smallest absolute Gasteiger partial charge is 0.254 e. The molecule has 0 atom stereocenters. The second kappa shape index (κ2) is 6.56. The van der Waals surface area contributed by atoms with Crippen LogP contribution in [0.15, 0.2) is 42.7 Å². The van der Waals surface area contributed by atoms with Crippen LogP contribution in [0.2, 0.25) is 0 Å². The van der Waals surface area contributed by atoms with Crippen molar-refractivity contribution in [3.05, 3.63) is 53.9 Å². The second-order valence-corrected chi connectivity index (χ2v) is 6.32. The van der Waals surface area contributed by atoms with E-state index in [0.717, 1.165) is 0 Å². The third kappa shape index (κ3) is 4.55. The van der Waals surface area contributed by atoms with E-state index in [1.807, 2.05) is 50.9 Å². The molecule has 0 unspecified atom stereocenters. The minimum Gasteiger partial charge on any atom is -0.347 e. The van der Waals surface area contributed by atoms with Gasteiger partial charge in [-0.1, -0.05) is 30.3 Å². The molecule has 22 heavy (non-hydrogen) atoms. The van der Waals surface area contributed by atoms with Crippen molar-refractivity contribution in [2.24, 2.45) is 0 Å². The third-order valence-corrected chi connectivity index (χ3v) is 2.99. The van der Waals surface area contributed by atoms with Crippen LogP contribution in [0.25, 0.3) is 0 Å². The normalized spacial score (nSPS) is 11.1. The molecule has 2 aromatic rings. The Hall–Kier alpha value is -2.43. The summed E-state index contributed by atoms with van der Waals surface area (Å²) in [5.74, 6) is 0.431. The Morgan fingerprint density at radius 3 is 2.27 bits per heavy atom. The number of hydrogen-bond donors (Lipinski definition) is 1. The monoisotopic (exact) mass is 298 g/mol. The zero-order chi connectivity index (χ0) is 16.2. The molecule has 1 aromatic heterocycles. The van der Waals surface area contributed by atoms with Gasteiger partial charge in [0.2, 0.25) is 5.95 Å². The minimum absolute atomic E-state index is 0.162. The van der Waals surface area contributed by atoms with Crippen molar-refractivity contribution < 1.29 is 4.79 Å². The van der Waals surface area contributed by atoms with Gasteiger partial charge in [-0.15, -0.1) is 0 Å². The molecule has 0 radical (unpaired) electrons. The van der Waals surface area contributed by atoms with Crippen LogP contribution < -0.4 is 10.2 Å². The Morgan fingerprint density at radius 1 is 1.14 bits per heavy atom. The summed E-state index contributed by atoms with van der Waals surface area (Å²) in [6, 6.07) is 10.1. The lowest BCUT2D eigenvalue weighted by molar-refractivity contribution is 0.0919. The molecular weight excluding hydrogens is 276 g/mol. The van der Waals surface area contributed by atoms with Crippen LogP contribution in [0.5, 0.6) is 0 Å². The molecule has 5 heteroatoms. The van der Waals surface area contributed by atoms with Crippen LogP contribution in [-0.2, 0) is 6.54 Å². The maximum absolute atomic E-state index is 12.0. The largest absolute Gasteiger partial charge is 0.347 e. The third-order valence-electron chi connectivity index (χ3n) is 2.99. The van der Waals surface area contributed by atoms with Crippen LogP contribution in [-0.4, -0.2) is 28.5 Å². The van der Waals surface area contributed by atoms with Gasteiger partial charge in [0.25, 0.3) is 5.91 Å². The highest BCUT2D eigenvalue weighted by Gasteiger charge is 2.16. The maximum Gasteiger partial charge on any atom is 0.254 e. The molecule has 0 fully saturated rings. The Balaban J connectivity index is 2.04. The fraction of sp³-hybridized carbons (Fsp3) is 0.353. The Morgan fingerprint density at radius 2 is 1.73 bits per heavy atom. The number of anilines is 1. The van der Waals surface area contributed by atoms with Gasteiger partial charge in [0.05, 0.1) is 5.56 Å². The molecule has 0 aliphatic carbocycles. The average Bonchev–Trinajstić information content (AvgIpc) is 2.46. The molecule has 0 aliphatic heterocycles. The summed E-state index contributed by atoms with van der Waals surface area (Å²) < 4.78 is 0. The average molecular weight is 298 g/mol. The quantitative estimate of drug-likeness (QED) is 0.942. The molecule has 0 saturated carbocycles. The van der Waals surface area contributed by atoms with E-state index >= 15 is 0 Å². The molecule has 1 N–H and O–H groups in total. The summed E-state index contributed by atoms with van der Waals surface area (Å²) in [6.07, 6.45) is 3.12. The lowest BCUT2D eigenvalue weighted by Gasteiger charge is -2.21. The fourth-order valence-corrected chi connectivity index (χ4v) is 1.98. The van der Waals surface area contributed by atoms with Gasteiger partial charge in [0.1, 0.15) is 0 Å². The number of hydrogen-bond acceptors (Lipinski definition) is 4. The Labute approximate surface area is 131 Å². The van der Waals surface area contributed by atoms with Crippen LogP contribution >= 0.6 is 0 Å². The number of benzene rings is 1. The number of carbonyl (C=O) groups excluding carboxylic acids is 1. The highest BCUT2D eigenvalue weighted by Crippen LogP contribution is 2.10. The van der Waals surface area contributed by atoms with Gasteiger partial charge in [0.15, 0.2) is 0 Å². The van der Waals surface area contributed by atoms with Crippen molar-refractivity contribution in [3.63, 3.8) is 0 Å². The molecule has 1 aromatic carbocycles. The molecule has 116 valence electrons. The van der Waals surface area contributed by atoms with Gasteiger partial charge in [-0.2, -0.15) is 0 Å². The zero-order valence-corrected chi connectivity index (χ0v) is 13.5. The molecule has 1 heterocycles. The predicted molar refractivity (Wildman–Crippen MR) is 87.8 cm³/mol. The van der Waals surface area contributed by atoms with E-state index in [9.17, 15) is 4.79 Å². The topological polar surface area (TPSA) is 58.1 Å². The number of aromatic nitrogens is 2. The fourth-order valence-electron chi connectivity index (χ4n) is 1.98. The molecule has 0 saturated heterocycles. The van der Waals surface area contributed by atoms with E-state index in [2.05, 4.69) is 27.4 Å². The number of nitrogens with zero attached hydrogens (tertiary/aromatic N) is 3. The number of rotatable bonds is 4. The SMILES string of the molecule is CN(Cc1ccccc1)c1ncc(C(=O)NC(C)(C)C)cn1. The summed E-state index contributed by atoms with van der Waals surface area (Å²) in [6.45, 7) is 6.53. The van der Waals surface area contributed by atoms with E-state index in [1.165, 1.54) is 5.56 Å². The van der Waals surface area contributed by atoms with E-state index in [1.54, 1.807) is 12.4 Å². The highest BCUT2D eigenvalue weighted by molar-refractivity contribution is 5.94. The van der Waals surface area contributed by atoms with Crippen LogP contribution in [0.1, 0.15) is 36.7 Å². The van der Waals surface area contributed by atoms with Crippen LogP contribution in [0.4, 0.5) is 5.95 Å². The van der Waals surface area contributed by atoms with Crippen molar-refractivity contribution in [1.29, 1.82) is 0 Å². The van der Waals surface area contributed by atoms with Gasteiger partial charge in [0, 0.05) is 31.5 Å². The Kier molecular flexibility index (Phi) is 4.75.